The molecule has 1 aromatic rings. The number of hydrogen-bond acceptors (Lipinski definition) is 5. The molecule has 4 N–H and O–H groups in total. The van der Waals surface area contributed by atoms with Crippen LogP contribution in [0.3, 0.4) is 0 Å². The van der Waals surface area contributed by atoms with Gasteiger partial charge in [-0.25, -0.2) is 0 Å². The molecule has 1 aromatic carbocycles. The molecule has 70 valence electrons. The summed E-state index contributed by atoms with van der Waals surface area (Å²) in [5.41, 5.74) is 5.10. The van der Waals surface area contributed by atoms with E-state index in [1.54, 1.807) is 0 Å². The first-order chi connectivity index (χ1) is 6.06. The van der Waals surface area contributed by atoms with E-state index in [2.05, 4.69) is 0 Å². The Labute approximate surface area is 73.4 Å². The number of nitro benzene ring substituents is 1. The molecule has 0 spiro atoms. The molecule has 0 radical (unpaired) electrons. The molecule has 0 aliphatic heterocycles. The van der Waals surface area contributed by atoms with Crippen molar-refractivity contribution in [3.8, 4) is 11.5 Å². The van der Waals surface area contributed by atoms with Crippen LogP contribution >= 0.6 is 0 Å². The second-order valence-corrected chi connectivity index (χ2v) is 2.43. The van der Waals surface area contributed by atoms with E-state index in [0.717, 1.165) is 12.1 Å². The van der Waals surface area contributed by atoms with E-state index in [1.807, 2.05) is 0 Å². The van der Waals surface area contributed by atoms with Crippen LogP contribution in [0.25, 0.3) is 0 Å². The second-order valence-electron chi connectivity index (χ2n) is 2.43. The van der Waals surface area contributed by atoms with Crippen LogP contribution in [-0.2, 0) is 6.54 Å². The molecule has 1 rings (SSSR count). The molecule has 0 amide bonds. The molecule has 13 heavy (non-hydrogen) atoms. The highest BCUT2D eigenvalue weighted by molar-refractivity contribution is 5.52. The first kappa shape index (κ1) is 9.27. The molecular formula is C7H8N2O4. The monoisotopic (exact) mass is 184 g/mol. The molecule has 6 heteroatoms. The summed E-state index contributed by atoms with van der Waals surface area (Å²) in [7, 11) is 0. The maximum atomic E-state index is 10.4. The van der Waals surface area contributed by atoms with Crippen LogP contribution in [0.1, 0.15) is 5.56 Å². The summed E-state index contributed by atoms with van der Waals surface area (Å²) < 4.78 is 0. The zero-order chi connectivity index (χ0) is 10.0. The average Bonchev–Trinajstić information content (AvgIpc) is 2.08. The van der Waals surface area contributed by atoms with E-state index >= 15 is 0 Å². The van der Waals surface area contributed by atoms with Crippen molar-refractivity contribution in [2.24, 2.45) is 5.73 Å². The first-order valence-corrected chi connectivity index (χ1v) is 3.45. The molecule has 0 heterocycles. The Balaban J connectivity index is 3.33. The predicted molar refractivity (Wildman–Crippen MR) is 44.3 cm³/mol. The highest BCUT2D eigenvalue weighted by atomic mass is 16.6. The Kier molecular flexibility index (Phi) is 2.34. The molecule has 0 bridgehead atoms. The fourth-order valence-electron chi connectivity index (χ4n) is 0.943. The molecule has 0 unspecified atom stereocenters. The van der Waals surface area contributed by atoms with E-state index in [1.165, 1.54) is 0 Å². The third-order valence-corrected chi connectivity index (χ3v) is 1.59. The van der Waals surface area contributed by atoms with Crippen LogP contribution in [0.2, 0.25) is 0 Å². The molecule has 0 saturated carbocycles. The van der Waals surface area contributed by atoms with Gasteiger partial charge in [0, 0.05) is 12.1 Å². The van der Waals surface area contributed by atoms with E-state index in [9.17, 15) is 10.1 Å². The smallest absolute Gasteiger partial charge is 0.277 e. The Morgan fingerprint density at radius 2 is 1.92 bits per heavy atom. The maximum Gasteiger partial charge on any atom is 0.277 e. The maximum absolute atomic E-state index is 10.4. The van der Waals surface area contributed by atoms with Crippen LogP contribution < -0.4 is 5.73 Å². The predicted octanol–water partition coefficient (Wildman–Crippen LogP) is 0.465. The van der Waals surface area contributed by atoms with E-state index in [-0.39, 0.29) is 17.8 Å². The quantitative estimate of drug-likeness (QED) is 0.351. The van der Waals surface area contributed by atoms with Crippen LogP contribution in [0.15, 0.2) is 12.1 Å². The lowest BCUT2D eigenvalue weighted by Gasteiger charge is -2.02. The van der Waals surface area contributed by atoms with Gasteiger partial charge in [-0.15, -0.1) is 0 Å². The highest BCUT2D eigenvalue weighted by Gasteiger charge is 2.16. The lowest BCUT2D eigenvalue weighted by Crippen LogP contribution is -2.01. The molecule has 0 fully saturated rings. The number of phenolic OH excluding ortho intramolecular Hbond substituents is 2. The number of nitrogens with two attached hydrogens (primary N) is 1. The summed E-state index contributed by atoms with van der Waals surface area (Å²) in [6, 6.07) is 1.95. The minimum Gasteiger partial charge on any atom is -0.504 e. The van der Waals surface area contributed by atoms with Gasteiger partial charge in [0.25, 0.3) is 5.69 Å². The zero-order valence-corrected chi connectivity index (χ0v) is 6.60. The normalized spacial score (nSPS) is 9.92. The van der Waals surface area contributed by atoms with E-state index in [4.69, 9.17) is 15.9 Å². The van der Waals surface area contributed by atoms with Crippen molar-refractivity contribution in [2.45, 2.75) is 6.54 Å². The molecule has 0 aliphatic rings. The summed E-state index contributed by atoms with van der Waals surface area (Å²) in [6.45, 7) is -0.0653. The van der Waals surface area contributed by atoms with Crippen molar-refractivity contribution >= 4 is 5.69 Å². The lowest BCUT2D eigenvalue weighted by atomic mass is 10.1. The number of phenols is 2. The Bertz CT molecular complexity index is 351. The largest absolute Gasteiger partial charge is 0.504 e. The number of benzene rings is 1. The van der Waals surface area contributed by atoms with Crippen LogP contribution in [0.5, 0.6) is 11.5 Å². The minimum atomic E-state index is -0.665. The molecule has 0 aromatic heterocycles. The average molecular weight is 184 g/mol. The summed E-state index contributed by atoms with van der Waals surface area (Å²) in [4.78, 5) is 9.74. The summed E-state index contributed by atoms with van der Waals surface area (Å²) in [6.07, 6.45) is 0. The van der Waals surface area contributed by atoms with Gasteiger partial charge >= 0.3 is 0 Å². The van der Waals surface area contributed by atoms with Gasteiger partial charge in [0.15, 0.2) is 11.5 Å². The number of nitrogens with zero attached hydrogens (tertiary/aromatic N) is 1. The van der Waals surface area contributed by atoms with Crippen molar-refractivity contribution in [3.05, 3.63) is 27.8 Å². The Morgan fingerprint density at radius 3 is 2.38 bits per heavy atom. The fraction of sp³-hybridized carbons (Fsp3) is 0.143. The summed E-state index contributed by atoms with van der Waals surface area (Å²) >= 11 is 0. The molecule has 0 atom stereocenters. The third kappa shape index (κ3) is 1.67. The van der Waals surface area contributed by atoms with Crippen LogP contribution in [0.4, 0.5) is 5.69 Å². The van der Waals surface area contributed by atoms with Crippen molar-refractivity contribution in [2.75, 3.05) is 0 Å². The Morgan fingerprint density at radius 1 is 1.38 bits per heavy atom. The Hall–Kier alpha value is -1.82. The number of rotatable bonds is 2. The van der Waals surface area contributed by atoms with Gasteiger partial charge in [-0.3, -0.25) is 10.1 Å². The first-order valence-electron chi connectivity index (χ1n) is 3.45. The van der Waals surface area contributed by atoms with Crippen LogP contribution in [0, 0.1) is 10.1 Å². The van der Waals surface area contributed by atoms with Gasteiger partial charge in [0.2, 0.25) is 0 Å². The van der Waals surface area contributed by atoms with Gasteiger partial charge in [0.05, 0.1) is 11.0 Å². The number of hydrogen-bond donors (Lipinski definition) is 3. The van der Waals surface area contributed by atoms with Crippen molar-refractivity contribution in [3.63, 3.8) is 0 Å². The summed E-state index contributed by atoms with van der Waals surface area (Å²) in [5.74, 6) is -0.935. The second kappa shape index (κ2) is 3.28. The SMILES string of the molecule is NCc1cc(O)c(O)cc1[N+](=O)[O-]. The number of nitro groups is 1. The van der Waals surface area contributed by atoms with Gasteiger partial charge in [-0.2, -0.15) is 0 Å². The van der Waals surface area contributed by atoms with Crippen LogP contribution in [-0.4, -0.2) is 15.1 Å². The van der Waals surface area contributed by atoms with Crippen molar-refractivity contribution in [1.29, 1.82) is 0 Å². The zero-order valence-electron chi connectivity index (χ0n) is 6.60. The van der Waals surface area contributed by atoms with E-state index in [0.29, 0.717) is 0 Å². The van der Waals surface area contributed by atoms with E-state index < -0.39 is 16.4 Å². The number of aromatic hydroxyl groups is 2. The summed E-state index contributed by atoms with van der Waals surface area (Å²) in [5, 5.41) is 28.4. The molecule has 6 nitrogen and oxygen atoms in total. The van der Waals surface area contributed by atoms with Gasteiger partial charge in [-0.1, -0.05) is 0 Å². The fourth-order valence-corrected chi connectivity index (χ4v) is 0.943. The minimum absolute atomic E-state index is 0.0653. The molecular weight excluding hydrogens is 176 g/mol. The van der Waals surface area contributed by atoms with Gasteiger partial charge in [0.1, 0.15) is 0 Å². The molecule has 0 saturated heterocycles. The molecule has 0 aliphatic carbocycles. The van der Waals surface area contributed by atoms with Crippen molar-refractivity contribution in [1.82, 2.24) is 0 Å². The van der Waals surface area contributed by atoms with Gasteiger partial charge < -0.3 is 15.9 Å². The van der Waals surface area contributed by atoms with Gasteiger partial charge in [-0.05, 0) is 6.07 Å². The lowest BCUT2D eigenvalue weighted by molar-refractivity contribution is -0.385. The van der Waals surface area contributed by atoms with Crippen molar-refractivity contribution < 1.29 is 15.1 Å². The third-order valence-electron chi connectivity index (χ3n) is 1.59. The highest BCUT2D eigenvalue weighted by Crippen LogP contribution is 2.32. The topological polar surface area (TPSA) is 110 Å². The standard InChI is InChI=1S/C7H8N2O4/c8-3-4-1-6(10)7(11)2-5(4)9(12)13/h1-2,10-11H,3,8H2.